The van der Waals surface area contributed by atoms with Crippen molar-refractivity contribution in [2.24, 2.45) is 0 Å². The zero-order chi connectivity index (χ0) is 13.6. The molecule has 0 radical (unpaired) electrons. The van der Waals surface area contributed by atoms with Gasteiger partial charge in [-0.15, -0.1) is 0 Å². The highest BCUT2D eigenvalue weighted by Crippen LogP contribution is 2.17. The van der Waals surface area contributed by atoms with E-state index in [2.05, 4.69) is 41.6 Å². The van der Waals surface area contributed by atoms with Crippen LogP contribution in [0, 0.1) is 10.5 Å². The molecule has 5 heteroatoms. The molecule has 3 nitrogen and oxygen atoms in total. The van der Waals surface area contributed by atoms with Crippen LogP contribution in [0.3, 0.4) is 0 Å². The van der Waals surface area contributed by atoms with Gasteiger partial charge >= 0.3 is 8.80 Å². The zero-order valence-corrected chi connectivity index (χ0v) is 14.6. The van der Waals surface area contributed by atoms with Gasteiger partial charge in [-0.2, -0.15) is 0 Å². The van der Waals surface area contributed by atoms with Crippen molar-refractivity contribution in [3.63, 3.8) is 0 Å². The Labute approximate surface area is 124 Å². The van der Waals surface area contributed by atoms with E-state index in [1.165, 1.54) is 5.56 Å². The van der Waals surface area contributed by atoms with Crippen LogP contribution in [0.1, 0.15) is 26.3 Å². The maximum Gasteiger partial charge on any atom is 0.538 e. The van der Waals surface area contributed by atoms with Gasteiger partial charge in [0.15, 0.2) is 0 Å². The quantitative estimate of drug-likeness (QED) is 0.538. The molecule has 0 unspecified atom stereocenters. The number of aryl methyl sites for hydroxylation is 1. The molecule has 0 spiro atoms. The van der Waals surface area contributed by atoms with Gasteiger partial charge in [0, 0.05) is 28.6 Å². The molecular weight excluding hydrogens is 359 g/mol. The first-order chi connectivity index (χ1) is 8.61. The third-order valence-corrected chi connectivity index (χ3v) is 7.22. The zero-order valence-electron chi connectivity index (χ0n) is 11.5. The van der Waals surface area contributed by atoms with Crippen LogP contribution < -0.4 is 5.19 Å². The summed E-state index contributed by atoms with van der Waals surface area (Å²) in [6.45, 7) is 9.79. The number of halogens is 1. The van der Waals surface area contributed by atoms with Crippen molar-refractivity contribution < 1.29 is 13.3 Å². The standard InChI is InChI=1S/C13H21IO3Si/c1-5-15-18(16-6-2,17-7-3)13-11(4)9-8-10-12(13)14/h8-10H,5-7H2,1-4H3. The van der Waals surface area contributed by atoms with Gasteiger partial charge in [0.05, 0.1) is 0 Å². The molecule has 0 amide bonds. The summed E-state index contributed by atoms with van der Waals surface area (Å²) < 4.78 is 19.0. The van der Waals surface area contributed by atoms with E-state index >= 15 is 0 Å². The Bertz CT molecular complexity index is 347. The smallest absolute Gasteiger partial charge is 0.370 e. The molecule has 102 valence electrons. The van der Waals surface area contributed by atoms with E-state index in [0.29, 0.717) is 19.8 Å². The molecule has 0 bridgehead atoms. The van der Waals surface area contributed by atoms with E-state index in [1.807, 2.05) is 26.8 Å². The largest absolute Gasteiger partial charge is 0.538 e. The van der Waals surface area contributed by atoms with Crippen LogP contribution in [-0.2, 0) is 13.3 Å². The molecule has 1 aromatic rings. The van der Waals surface area contributed by atoms with E-state index in [4.69, 9.17) is 13.3 Å². The predicted molar refractivity (Wildman–Crippen MR) is 84.2 cm³/mol. The summed E-state index contributed by atoms with van der Waals surface area (Å²) in [6.07, 6.45) is 0. The molecule has 0 aliphatic carbocycles. The third-order valence-electron chi connectivity index (χ3n) is 2.53. The summed E-state index contributed by atoms with van der Waals surface area (Å²) in [4.78, 5) is 0. The lowest BCUT2D eigenvalue weighted by Crippen LogP contribution is -2.59. The minimum atomic E-state index is -2.77. The highest BCUT2D eigenvalue weighted by atomic mass is 127. The fourth-order valence-corrected chi connectivity index (χ4v) is 6.32. The highest BCUT2D eigenvalue weighted by Gasteiger charge is 2.45. The van der Waals surface area contributed by atoms with E-state index < -0.39 is 8.80 Å². The van der Waals surface area contributed by atoms with Crippen molar-refractivity contribution >= 4 is 36.6 Å². The average molecular weight is 380 g/mol. The first-order valence-electron chi connectivity index (χ1n) is 6.28. The number of hydrogen-bond acceptors (Lipinski definition) is 3. The van der Waals surface area contributed by atoms with Crippen LogP contribution >= 0.6 is 22.6 Å². The first-order valence-corrected chi connectivity index (χ1v) is 9.09. The molecule has 0 aliphatic rings. The van der Waals surface area contributed by atoms with Gasteiger partial charge in [0.2, 0.25) is 0 Å². The van der Waals surface area contributed by atoms with Gasteiger partial charge in [-0.3, -0.25) is 0 Å². The van der Waals surface area contributed by atoms with Crippen molar-refractivity contribution in [1.29, 1.82) is 0 Å². The third kappa shape index (κ3) is 3.54. The van der Waals surface area contributed by atoms with E-state index in [9.17, 15) is 0 Å². The maximum atomic E-state index is 5.95. The minimum absolute atomic E-state index is 0.594. The summed E-state index contributed by atoms with van der Waals surface area (Å²) in [5, 5.41) is 1.11. The lowest BCUT2D eigenvalue weighted by molar-refractivity contribution is 0.0856. The molecule has 0 heterocycles. The Morgan fingerprint density at radius 1 is 1.00 bits per heavy atom. The SMILES string of the molecule is CCO[Si](OCC)(OCC)c1c(C)cccc1I. The molecule has 18 heavy (non-hydrogen) atoms. The van der Waals surface area contributed by atoms with Crippen molar-refractivity contribution in [3.8, 4) is 0 Å². The van der Waals surface area contributed by atoms with E-state index in [1.54, 1.807) is 0 Å². The summed E-state index contributed by atoms with van der Waals surface area (Å²) in [5.41, 5.74) is 1.17. The van der Waals surface area contributed by atoms with Crippen molar-refractivity contribution in [3.05, 3.63) is 27.3 Å². The molecule has 0 saturated heterocycles. The van der Waals surface area contributed by atoms with Crippen LogP contribution in [0.25, 0.3) is 0 Å². The summed E-state index contributed by atoms with van der Waals surface area (Å²) in [5.74, 6) is 0. The van der Waals surface area contributed by atoms with Gasteiger partial charge in [0.25, 0.3) is 0 Å². The van der Waals surface area contributed by atoms with Crippen molar-refractivity contribution in [1.82, 2.24) is 0 Å². The van der Waals surface area contributed by atoms with Gasteiger partial charge in [0.1, 0.15) is 0 Å². The molecule has 0 aromatic heterocycles. The Kier molecular flexibility index (Phi) is 6.79. The van der Waals surface area contributed by atoms with E-state index in [0.717, 1.165) is 8.76 Å². The number of rotatable bonds is 7. The predicted octanol–water partition coefficient (Wildman–Crippen LogP) is 2.86. The van der Waals surface area contributed by atoms with Crippen LogP contribution in [0.4, 0.5) is 0 Å². The van der Waals surface area contributed by atoms with Crippen molar-refractivity contribution in [2.45, 2.75) is 27.7 Å². The Morgan fingerprint density at radius 2 is 1.50 bits per heavy atom. The van der Waals surface area contributed by atoms with Crippen LogP contribution in [0.5, 0.6) is 0 Å². The number of hydrogen-bond donors (Lipinski definition) is 0. The lowest BCUT2D eigenvalue weighted by atomic mass is 10.2. The first kappa shape index (κ1) is 16.1. The second-order valence-corrected chi connectivity index (χ2v) is 7.43. The molecule has 0 aliphatic heterocycles. The van der Waals surface area contributed by atoms with E-state index in [-0.39, 0.29) is 0 Å². The van der Waals surface area contributed by atoms with Gasteiger partial charge in [-0.25, -0.2) is 0 Å². The Morgan fingerprint density at radius 3 is 1.89 bits per heavy atom. The molecule has 1 rings (SSSR count). The topological polar surface area (TPSA) is 27.7 Å². The molecule has 0 saturated carbocycles. The Hall–Kier alpha value is 0.0469. The number of benzene rings is 1. The van der Waals surface area contributed by atoms with Gasteiger partial charge in [-0.05, 0) is 61.9 Å². The van der Waals surface area contributed by atoms with Crippen LogP contribution in [-0.4, -0.2) is 28.6 Å². The summed E-state index contributed by atoms with van der Waals surface area (Å²) >= 11 is 2.32. The normalized spacial score (nSPS) is 11.8. The molecule has 0 fully saturated rings. The summed E-state index contributed by atoms with van der Waals surface area (Å²) in [7, 11) is -2.77. The maximum absolute atomic E-state index is 5.95. The molecule has 0 N–H and O–H groups in total. The van der Waals surface area contributed by atoms with Crippen LogP contribution in [0.15, 0.2) is 18.2 Å². The lowest BCUT2D eigenvalue weighted by Gasteiger charge is -2.30. The fourth-order valence-electron chi connectivity index (χ4n) is 1.93. The highest BCUT2D eigenvalue weighted by molar-refractivity contribution is 14.1. The molecular formula is C13H21IO3Si. The molecule has 1 aromatic carbocycles. The average Bonchev–Trinajstić information content (AvgIpc) is 2.29. The fraction of sp³-hybridized carbons (Fsp3) is 0.538. The Balaban J connectivity index is 3.30. The van der Waals surface area contributed by atoms with Gasteiger partial charge < -0.3 is 13.3 Å². The molecule has 0 atom stereocenters. The van der Waals surface area contributed by atoms with Crippen molar-refractivity contribution in [2.75, 3.05) is 19.8 Å². The summed E-state index contributed by atoms with van der Waals surface area (Å²) in [6, 6.07) is 6.20. The van der Waals surface area contributed by atoms with Crippen LogP contribution in [0.2, 0.25) is 0 Å². The second kappa shape index (κ2) is 7.59. The second-order valence-electron chi connectivity index (χ2n) is 3.79. The minimum Gasteiger partial charge on any atom is -0.370 e. The van der Waals surface area contributed by atoms with Gasteiger partial charge in [-0.1, -0.05) is 12.1 Å². The monoisotopic (exact) mass is 380 g/mol.